The van der Waals surface area contributed by atoms with Gasteiger partial charge in [0.05, 0.1) is 29.6 Å². The average molecular weight is 349 g/mol. The Balaban J connectivity index is 1.37. The fraction of sp³-hybridized carbons (Fsp3) is 0.263. The molecule has 1 N–H and O–H groups in total. The lowest BCUT2D eigenvalue weighted by atomic mass is 10.1. The number of aliphatic hydroxyl groups excluding tert-OH is 1. The predicted octanol–water partition coefficient (Wildman–Crippen LogP) is 1.98. The highest BCUT2D eigenvalue weighted by molar-refractivity contribution is 5.92. The largest absolute Gasteiger partial charge is 0.387 e. The quantitative estimate of drug-likeness (QED) is 0.728. The molecule has 1 fully saturated rings. The van der Waals surface area contributed by atoms with Crippen molar-refractivity contribution in [3.63, 3.8) is 0 Å². The zero-order chi connectivity index (χ0) is 18.1. The summed E-state index contributed by atoms with van der Waals surface area (Å²) in [5.74, 6) is -0.0490. The monoisotopic (exact) mass is 349 g/mol. The van der Waals surface area contributed by atoms with E-state index in [1.165, 1.54) is 0 Å². The van der Waals surface area contributed by atoms with Crippen LogP contribution in [-0.2, 0) is 4.79 Å². The number of carbonyl (C=O) groups excluding carboxylic acids is 1. The van der Waals surface area contributed by atoms with Crippen LogP contribution in [-0.4, -0.2) is 49.0 Å². The molecule has 1 unspecified atom stereocenters. The zero-order valence-electron chi connectivity index (χ0n) is 14.4. The Morgan fingerprint density at radius 1 is 1.27 bits per heavy atom. The van der Waals surface area contributed by atoms with Crippen molar-refractivity contribution >= 4 is 22.9 Å². The first-order valence-electron chi connectivity index (χ1n) is 8.53. The Morgan fingerprint density at radius 3 is 2.85 bits per heavy atom. The maximum Gasteiger partial charge on any atom is 0.246 e. The number of nitrogens with zero attached hydrogens (tertiary/aromatic N) is 5. The molecular weight excluding hydrogens is 330 g/mol. The molecule has 0 spiro atoms. The Morgan fingerprint density at radius 2 is 2.08 bits per heavy atom. The summed E-state index contributed by atoms with van der Waals surface area (Å²) in [6.07, 6.45) is 4.38. The van der Waals surface area contributed by atoms with Gasteiger partial charge in [-0.1, -0.05) is 29.5 Å². The van der Waals surface area contributed by atoms with Crippen LogP contribution < -0.4 is 0 Å². The molecular formula is C19H19N5O2. The van der Waals surface area contributed by atoms with E-state index in [2.05, 4.69) is 15.3 Å². The first kappa shape index (κ1) is 16.4. The number of benzene rings is 1. The molecule has 1 saturated heterocycles. The second-order valence-corrected chi connectivity index (χ2v) is 6.46. The van der Waals surface area contributed by atoms with Crippen LogP contribution in [0.5, 0.6) is 0 Å². The highest BCUT2D eigenvalue weighted by atomic mass is 16.3. The zero-order valence-corrected chi connectivity index (χ0v) is 14.4. The van der Waals surface area contributed by atoms with Crippen molar-refractivity contribution in [1.82, 2.24) is 24.9 Å². The lowest BCUT2D eigenvalue weighted by Gasteiger charge is -2.38. The molecule has 132 valence electrons. The highest BCUT2D eigenvalue weighted by Gasteiger charge is 2.31. The summed E-state index contributed by atoms with van der Waals surface area (Å²) in [5, 5.41) is 18.5. The van der Waals surface area contributed by atoms with Gasteiger partial charge in [-0.2, -0.15) is 0 Å². The highest BCUT2D eigenvalue weighted by Crippen LogP contribution is 2.22. The van der Waals surface area contributed by atoms with Crippen LogP contribution in [0.4, 0.5) is 0 Å². The van der Waals surface area contributed by atoms with Crippen LogP contribution in [0.1, 0.15) is 30.5 Å². The van der Waals surface area contributed by atoms with Crippen LogP contribution in [0.3, 0.4) is 0 Å². The van der Waals surface area contributed by atoms with Crippen molar-refractivity contribution in [2.45, 2.75) is 19.1 Å². The van der Waals surface area contributed by atoms with Gasteiger partial charge in [0.15, 0.2) is 0 Å². The fourth-order valence-electron chi connectivity index (χ4n) is 2.90. The van der Waals surface area contributed by atoms with Crippen LogP contribution in [0.25, 0.3) is 17.0 Å². The van der Waals surface area contributed by atoms with Gasteiger partial charge in [0.2, 0.25) is 5.91 Å². The number of carbonyl (C=O) groups is 1. The number of amides is 1. The number of pyridine rings is 1. The molecule has 1 atom stereocenters. The Hall–Kier alpha value is -3.06. The SMILES string of the molecule is CC(O)c1cn(C2CN(C(=O)/C=C/c3ccc4ccccc4n3)C2)nn1. The van der Waals surface area contributed by atoms with Gasteiger partial charge >= 0.3 is 0 Å². The molecule has 0 saturated carbocycles. The number of aromatic nitrogens is 4. The maximum absolute atomic E-state index is 12.3. The minimum atomic E-state index is -0.640. The minimum Gasteiger partial charge on any atom is -0.387 e. The molecule has 3 aromatic rings. The van der Waals surface area contributed by atoms with Gasteiger partial charge in [0.25, 0.3) is 0 Å². The van der Waals surface area contributed by atoms with Crippen molar-refractivity contribution in [2.24, 2.45) is 0 Å². The number of hydrogen-bond acceptors (Lipinski definition) is 5. The van der Waals surface area contributed by atoms with Gasteiger partial charge in [-0.3, -0.25) is 4.79 Å². The van der Waals surface area contributed by atoms with Gasteiger partial charge in [-0.15, -0.1) is 5.10 Å². The van der Waals surface area contributed by atoms with Crippen molar-refractivity contribution < 1.29 is 9.90 Å². The van der Waals surface area contributed by atoms with Gasteiger partial charge in [-0.25, -0.2) is 9.67 Å². The summed E-state index contributed by atoms with van der Waals surface area (Å²) in [6, 6.07) is 11.9. The van der Waals surface area contributed by atoms with Gasteiger partial charge < -0.3 is 10.0 Å². The number of para-hydroxylation sites is 1. The molecule has 0 radical (unpaired) electrons. The Kier molecular flexibility index (Phi) is 4.22. The van der Waals surface area contributed by atoms with Crippen molar-refractivity contribution in [3.05, 3.63) is 60.1 Å². The van der Waals surface area contributed by atoms with E-state index in [0.717, 1.165) is 16.6 Å². The summed E-state index contributed by atoms with van der Waals surface area (Å²) in [5.41, 5.74) is 2.20. The second kappa shape index (κ2) is 6.68. The van der Waals surface area contributed by atoms with E-state index in [1.54, 1.807) is 34.9 Å². The van der Waals surface area contributed by atoms with E-state index in [0.29, 0.717) is 18.8 Å². The third-order valence-corrected chi connectivity index (χ3v) is 4.52. The van der Waals surface area contributed by atoms with Crippen molar-refractivity contribution in [3.8, 4) is 0 Å². The number of hydrogen-bond donors (Lipinski definition) is 1. The van der Waals surface area contributed by atoms with E-state index in [1.807, 2.05) is 36.4 Å². The summed E-state index contributed by atoms with van der Waals surface area (Å²) < 4.78 is 1.71. The molecule has 0 bridgehead atoms. The first-order valence-corrected chi connectivity index (χ1v) is 8.53. The molecule has 4 rings (SSSR count). The van der Waals surface area contributed by atoms with Crippen molar-refractivity contribution in [1.29, 1.82) is 0 Å². The molecule has 7 heteroatoms. The van der Waals surface area contributed by atoms with Gasteiger partial charge in [0.1, 0.15) is 5.69 Å². The predicted molar refractivity (Wildman–Crippen MR) is 97.0 cm³/mol. The van der Waals surface area contributed by atoms with Crippen LogP contribution in [0, 0.1) is 0 Å². The van der Waals surface area contributed by atoms with Crippen LogP contribution in [0.15, 0.2) is 48.7 Å². The number of rotatable bonds is 4. The molecule has 1 amide bonds. The van der Waals surface area contributed by atoms with E-state index in [4.69, 9.17) is 0 Å². The minimum absolute atomic E-state index is 0.0490. The third-order valence-electron chi connectivity index (χ3n) is 4.52. The Bertz CT molecular complexity index is 973. The van der Waals surface area contributed by atoms with Gasteiger partial charge in [0, 0.05) is 24.6 Å². The summed E-state index contributed by atoms with van der Waals surface area (Å²) >= 11 is 0. The standard InChI is InChI=1S/C19H19N5O2/c1-13(25)18-12-24(22-21-18)16-10-23(11-16)19(26)9-8-15-7-6-14-4-2-3-5-17(14)20-15/h2-9,12-13,16,25H,10-11H2,1H3/b9-8+. The normalized spacial score (nSPS) is 16.2. The summed E-state index contributed by atoms with van der Waals surface area (Å²) in [4.78, 5) is 18.5. The summed E-state index contributed by atoms with van der Waals surface area (Å²) in [6.45, 7) is 2.81. The molecule has 1 aliphatic rings. The van der Waals surface area contributed by atoms with Crippen LogP contribution in [0.2, 0.25) is 0 Å². The molecule has 7 nitrogen and oxygen atoms in total. The summed E-state index contributed by atoms with van der Waals surface area (Å²) in [7, 11) is 0. The van der Waals surface area contributed by atoms with Crippen molar-refractivity contribution in [2.75, 3.05) is 13.1 Å². The smallest absolute Gasteiger partial charge is 0.246 e. The Labute approximate surface area is 150 Å². The topological polar surface area (TPSA) is 84.1 Å². The number of fused-ring (bicyclic) bond motifs is 1. The first-order chi connectivity index (χ1) is 12.6. The third kappa shape index (κ3) is 3.21. The molecule has 2 aromatic heterocycles. The number of aliphatic hydroxyl groups is 1. The fourth-order valence-corrected chi connectivity index (χ4v) is 2.90. The van der Waals surface area contributed by atoms with E-state index < -0.39 is 6.10 Å². The van der Waals surface area contributed by atoms with E-state index in [-0.39, 0.29) is 11.9 Å². The molecule has 3 heterocycles. The number of likely N-dealkylation sites (tertiary alicyclic amines) is 1. The molecule has 26 heavy (non-hydrogen) atoms. The lowest BCUT2D eigenvalue weighted by Crippen LogP contribution is -2.50. The molecule has 1 aromatic carbocycles. The maximum atomic E-state index is 12.3. The lowest BCUT2D eigenvalue weighted by molar-refractivity contribution is -0.131. The molecule has 0 aliphatic carbocycles. The van der Waals surface area contributed by atoms with E-state index in [9.17, 15) is 9.90 Å². The average Bonchev–Trinajstić information content (AvgIpc) is 3.08. The van der Waals surface area contributed by atoms with E-state index >= 15 is 0 Å². The van der Waals surface area contributed by atoms with Crippen LogP contribution >= 0.6 is 0 Å². The molecule has 1 aliphatic heterocycles. The second-order valence-electron chi connectivity index (χ2n) is 6.46. The van der Waals surface area contributed by atoms with Gasteiger partial charge in [-0.05, 0) is 25.1 Å².